The summed E-state index contributed by atoms with van der Waals surface area (Å²) in [7, 11) is 0. The van der Waals surface area contributed by atoms with Gasteiger partial charge >= 0.3 is 0 Å². The lowest BCUT2D eigenvalue weighted by Crippen LogP contribution is -2.18. The molecule has 0 unspecified atom stereocenters. The van der Waals surface area contributed by atoms with Crippen LogP contribution in [-0.2, 0) is 0 Å². The largest absolute Gasteiger partial charge is 0.494 e. The van der Waals surface area contributed by atoms with Gasteiger partial charge in [-0.2, -0.15) is 0 Å². The van der Waals surface area contributed by atoms with Crippen LogP contribution in [0.15, 0.2) is 35.1 Å². The van der Waals surface area contributed by atoms with Crippen LogP contribution in [0.4, 0.5) is 5.69 Å². The molecule has 0 amide bonds. The molecule has 19 heavy (non-hydrogen) atoms. The van der Waals surface area contributed by atoms with Crippen LogP contribution >= 0.6 is 0 Å². The van der Waals surface area contributed by atoms with Crippen LogP contribution < -0.4 is 5.56 Å². The molecule has 0 spiro atoms. The number of hydrogen-bond acceptors (Lipinski definition) is 4. The molecule has 2 rings (SSSR count). The molecule has 2 aromatic rings. The Morgan fingerprint density at radius 3 is 2.58 bits per heavy atom. The zero-order valence-corrected chi connectivity index (χ0v) is 10.5. The fourth-order valence-electron chi connectivity index (χ4n) is 1.80. The van der Waals surface area contributed by atoms with Crippen LogP contribution in [0.1, 0.15) is 11.1 Å². The van der Waals surface area contributed by atoms with Gasteiger partial charge in [0.05, 0.1) is 10.6 Å². The molecule has 1 aromatic carbocycles. The first-order valence-corrected chi connectivity index (χ1v) is 5.59. The molecular weight excluding hydrogens is 248 g/mol. The predicted octanol–water partition coefficient (Wildman–Crippen LogP) is 2.07. The zero-order valence-electron chi connectivity index (χ0n) is 10.5. The predicted molar refractivity (Wildman–Crippen MR) is 69.8 cm³/mol. The third-order valence-electron chi connectivity index (χ3n) is 3.00. The highest BCUT2D eigenvalue weighted by molar-refractivity contribution is 5.47. The van der Waals surface area contributed by atoms with Gasteiger partial charge in [0.15, 0.2) is 0 Å². The number of aryl methyl sites for hydroxylation is 1. The molecule has 0 aliphatic rings. The van der Waals surface area contributed by atoms with Gasteiger partial charge in [-0.1, -0.05) is 6.07 Å². The lowest BCUT2D eigenvalue weighted by atomic mass is 10.1. The van der Waals surface area contributed by atoms with Crippen LogP contribution in [0.5, 0.6) is 5.88 Å². The summed E-state index contributed by atoms with van der Waals surface area (Å²) < 4.78 is 1.05. The zero-order chi connectivity index (χ0) is 14.2. The average Bonchev–Trinajstić information content (AvgIpc) is 2.36. The molecule has 0 radical (unpaired) electrons. The second-order valence-corrected chi connectivity index (χ2v) is 4.23. The van der Waals surface area contributed by atoms with Crippen molar-refractivity contribution in [2.45, 2.75) is 13.8 Å². The summed E-state index contributed by atoms with van der Waals surface area (Å²) in [5.41, 5.74) is 0.929. The number of aromatic nitrogens is 1. The van der Waals surface area contributed by atoms with Gasteiger partial charge in [-0.25, -0.2) is 4.57 Å². The maximum Gasteiger partial charge on any atom is 0.271 e. The Morgan fingerprint density at radius 2 is 1.95 bits per heavy atom. The molecule has 6 heteroatoms. The van der Waals surface area contributed by atoms with E-state index >= 15 is 0 Å². The Kier molecular flexibility index (Phi) is 3.08. The topological polar surface area (TPSA) is 85.4 Å². The summed E-state index contributed by atoms with van der Waals surface area (Å²) in [5.74, 6) is -0.203. The molecular formula is C13H12N2O4. The molecule has 1 aromatic heterocycles. The number of hydrogen-bond donors (Lipinski definition) is 1. The second-order valence-electron chi connectivity index (χ2n) is 4.23. The molecule has 0 aliphatic heterocycles. The Morgan fingerprint density at radius 1 is 1.26 bits per heavy atom. The van der Waals surface area contributed by atoms with Crippen molar-refractivity contribution in [3.8, 4) is 11.6 Å². The number of non-ortho nitro benzene ring substituents is 1. The SMILES string of the molecule is Cc1cc(=O)n(-c2cccc([N+](=O)[O-])c2)c(O)c1C. The van der Waals surface area contributed by atoms with E-state index in [0.717, 1.165) is 4.57 Å². The summed E-state index contributed by atoms with van der Waals surface area (Å²) >= 11 is 0. The normalized spacial score (nSPS) is 10.4. The van der Waals surface area contributed by atoms with Gasteiger partial charge in [-0.15, -0.1) is 0 Å². The Hall–Kier alpha value is -2.63. The quantitative estimate of drug-likeness (QED) is 0.661. The maximum absolute atomic E-state index is 11.9. The lowest BCUT2D eigenvalue weighted by molar-refractivity contribution is -0.384. The molecule has 0 atom stereocenters. The van der Waals surface area contributed by atoms with Crippen molar-refractivity contribution >= 4 is 5.69 Å². The van der Waals surface area contributed by atoms with Crippen LogP contribution in [0.2, 0.25) is 0 Å². The summed E-state index contributed by atoms with van der Waals surface area (Å²) in [6.45, 7) is 3.40. The van der Waals surface area contributed by atoms with Crippen molar-refractivity contribution in [3.63, 3.8) is 0 Å². The fourth-order valence-corrected chi connectivity index (χ4v) is 1.80. The summed E-state index contributed by atoms with van der Waals surface area (Å²) in [5, 5.41) is 20.8. The third kappa shape index (κ3) is 2.20. The van der Waals surface area contributed by atoms with E-state index in [9.17, 15) is 20.0 Å². The van der Waals surface area contributed by atoms with Gasteiger partial charge in [0, 0.05) is 23.8 Å². The van der Waals surface area contributed by atoms with Gasteiger partial charge in [0.1, 0.15) is 0 Å². The van der Waals surface area contributed by atoms with Gasteiger partial charge in [-0.05, 0) is 25.5 Å². The van der Waals surface area contributed by atoms with E-state index in [2.05, 4.69) is 0 Å². The van der Waals surface area contributed by atoms with Crippen molar-refractivity contribution in [1.29, 1.82) is 0 Å². The number of nitrogens with zero attached hydrogens (tertiary/aromatic N) is 2. The first-order valence-electron chi connectivity index (χ1n) is 5.59. The Balaban J connectivity index is 2.73. The third-order valence-corrected chi connectivity index (χ3v) is 3.00. The smallest absolute Gasteiger partial charge is 0.271 e. The maximum atomic E-state index is 11.9. The first-order chi connectivity index (χ1) is 8.91. The second kappa shape index (κ2) is 4.56. The lowest BCUT2D eigenvalue weighted by Gasteiger charge is -2.11. The number of rotatable bonds is 2. The van der Waals surface area contributed by atoms with Crippen molar-refractivity contribution in [1.82, 2.24) is 4.57 Å². The standard InChI is InChI=1S/C13H12N2O4/c1-8-6-12(16)14(13(17)9(8)2)10-4-3-5-11(7-10)15(18)19/h3-7,17H,1-2H3. The van der Waals surface area contributed by atoms with Crippen molar-refractivity contribution in [2.24, 2.45) is 0 Å². The molecule has 0 bridgehead atoms. The number of aromatic hydroxyl groups is 1. The van der Waals surface area contributed by atoms with Gasteiger partial charge in [0.25, 0.3) is 11.2 Å². The molecule has 0 aliphatic carbocycles. The Bertz CT molecular complexity index is 719. The number of benzene rings is 1. The molecule has 6 nitrogen and oxygen atoms in total. The van der Waals surface area contributed by atoms with Crippen molar-refractivity contribution < 1.29 is 10.0 Å². The van der Waals surface area contributed by atoms with E-state index < -0.39 is 10.5 Å². The number of nitro groups is 1. The van der Waals surface area contributed by atoms with Crippen LogP contribution in [0, 0.1) is 24.0 Å². The van der Waals surface area contributed by atoms with E-state index in [-0.39, 0.29) is 17.3 Å². The molecule has 1 heterocycles. The van der Waals surface area contributed by atoms with Gasteiger partial charge in [0.2, 0.25) is 5.88 Å². The Labute approximate surface area is 108 Å². The summed E-state index contributed by atoms with van der Waals surface area (Å²) in [4.78, 5) is 22.1. The van der Waals surface area contributed by atoms with Gasteiger partial charge in [-0.3, -0.25) is 14.9 Å². The average molecular weight is 260 g/mol. The summed E-state index contributed by atoms with van der Waals surface area (Å²) in [6.07, 6.45) is 0. The monoisotopic (exact) mass is 260 g/mol. The van der Waals surface area contributed by atoms with E-state index in [4.69, 9.17) is 0 Å². The van der Waals surface area contributed by atoms with E-state index in [1.165, 1.54) is 30.3 Å². The van der Waals surface area contributed by atoms with Crippen molar-refractivity contribution in [2.75, 3.05) is 0 Å². The van der Waals surface area contributed by atoms with E-state index in [1.807, 2.05) is 0 Å². The first kappa shape index (κ1) is 12.8. The minimum atomic E-state index is -0.549. The summed E-state index contributed by atoms with van der Waals surface area (Å²) in [6, 6.07) is 6.95. The minimum Gasteiger partial charge on any atom is -0.494 e. The van der Waals surface area contributed by atoms with Crippen LogP contribution in [0.25, 0.3) is 5.69 Å². The number of pyridine rings is 1. The highest BCUT2D eigenvalue weighted by atomic mass is 16.6. The molecule has 0 fully saturated rings. The highest BCUT2D eigenvalue weighted by Gasteiger charge is 2.13. The number of nitro benzene ring substituents is 1. The minimum absolute atomic E-state index is 0.137. The van der Waals surface area contributed by atoms with Crippen LogP contribution in [0.3, 0.4) is 0 Å². The fraction of sp³-hybridized carbons (Fsp3) is 0.154. The molecule has 0 saturated heterocycles. The van der Waals surface area contributed by atoms with E-state index in [0.29, 0.717) is 11.1 Å². The molecule has 0 saturated carbocycles. The molecule has 98 valence electrons. The van der Waals surface area contributed by atoms with Crippen molar-refractivity contribution in [3.05, 3.63) is 61.9 Å². The highest BCUT2D eigenvalue weighted by Crippen LogP contribution is 2.23. The van der Waals surface area contributed by atoms with Gasteiger partial charge < -0.3 is 5.11 Å². The molecule has 1 N–H and O–H groups in total. The van der Waals surface area contributed by atoms with Crippen LogP contribution in [-0.4, -0.2) is 14.6 Å². The van der Waals surface area contributed by atoms with E-state index in [1.54, 1.807) is 13.8 Å².